The van der Waals surface area contributed by atoms with Crippen LogP contribution in [0.15, 0.2) is 12.3 Å². The van der Waals surface area contributed by atoms with E-state index in [1.54, 1.807) is 0 Å². The lowest BCUT2D eigenvalue weighted by molar-refractivity contribution is 0.226. The maximum Gasteiger partial charge on any atom is 0.0460 e. The Morgan fingerprint density at radius 1 is 1.70 bits per heavy atom. The van der Waals surface area contributed by atoms with Gasteiger partial charge in [0.1, 0.15) is 0 Å². The average Bonchev–Trinajstić information content (AvgIpc) is 2.31. The minimum Gasteiger partial charge on any atom is -0.326 e. The van der Waals surface area contributed by atoms with Crippen molar-refractivity contribution >= 4 is 11.8 Å². The van der Waals surface area contributed by atoms with E-state index in [1.165, 1.54) is 5.75 Å². The Kier molecular flexibility index (Phi) is 3.09. The molecule has 0 aromatic carbocycles. The fourth-order valence-electron chi connectivity index (χ4n) is 0.957. The van der Waals surface area contributed by atoms with Crippen LogP contribution in [-0.2, 0) is 0 Å². The average molecular weight is 158 g/mol. The second-order valence-electron chi connectivity index (χ2n) is 2.42. The fourth-order valence-corrected chi connectivity index (χ4v) is 1.34. The Bertz CT molecular complexity index is 125. The van der Waals surface area contributed by atoms with E-state index < -0.39 is 0 Å². The van der Waals surface area contributed by atoms with Crippen LogP contribution in [0, 0.1) is 0 Å². The summed E-state index contributed by atoms with van der Waals surface area (Å²) >= 11 is 1.88. The normalized spacial score (nSPS) is 25.2. The third-order valence-corrected chi connectivity index (χ3v) is 2.23. The summed E-state index contributed by atoms with van der Waals surface area (Å²) in [5.41, 5.74) is 3.18. The molecule has 10 heavy (non-hydrogen) atoms. The van der Waals surface area contributed by atoms with Crippen molar-refractivity contribution in [2.75, 3.05) is 18.6 Å². The van der Waals surface area contributed by atoms with Crippen molar-refractivity contribution in [2.24, 2.45) is 0 Å². The van der Waals surface area contributed by atoms with Crippen LogP contribution < -0.4 is 5.43 Å². The number of hydrogen-bond acceptors (Lipinski definition) is 3. The van der Waals surface area contributed by atoms with Gasteiger partial charge in [-0.15, -0.1) is 0 Å². The van der Waals surface area contributed by atoms with E-state index in [0.29, 0.717) is 6.04 Å². The zero-order valence-electron chi connectivity index (χ0n) is 6.50. The van der Waals surface area contributed by atoms with Crippen LogP contribution in [0.3, 0.4) is 0 Å². The van der Waals surface area contributed by atoms with E-state index in [4.69, 9.17) is 0 Å². The van der Waals surface area contributed by atoms with Gasteiger partial charge in [0.15, 0.2) is 0 Å². The molecule has 1 aliphatic rings. The smallest absolute Gasteiger partial charge is 0.0460 e. The number of nitrogens with one attached hydrogen (secondary N) is 1. The number of hydrogen-bond donors (Lipinski definition) is 1. The molecule has 0 radical (unpaired) electrons. The van der Waals surface area contributed by atoms with Gasteiger partial charge in [-0.05, 0) is 19.3 Å². The van der Waals surface area contributed by atoms with E-state index in [-0.39, 0.29) is 0 Å². The van der Waals surface area contributed by atoms with Crippen LogP contribution in [0.2, 0.25) is 0 Å². The van der Waals surface area contributed by atoms with E-state index in [0.717, 1.165) is 6.54 Å². The first-order chi connectivity index (χ1) is 4.84. The van der Waals surface area contributed by atoms with Gasteiger partial charge in [-0.1, -0.05) is 0 Å². The minimum absolute atomic E-state index is 0.562. The Balaban J connectivity index is 2.17. The molecule has 0 fully saturated rings. The van der Waals surface area contributed by atoms with Gasteiger partial charge in [0.25, 0.3) is 0 Å². The van der Waals surface area contributed by atoms with E-state index in [2.05, 4.69) is 29.7 Å². The van der Waals surface area contributed by atoms with Crippen molar-refractivity contribution in [1.29, 1.82) is 0 Å². The second-order valence-corrected chi connectivity index (χ2v) is 3.40. The van der Waals surface area contributed by atoms with Crippen LogP contribution in [-0.4, -0.2) is 29.6 Å². The zero-order valence-corrected chi connectivity index (χ0v) is 7.32. The van der Waals surface area contributed by atoms with Gasteiger partial charge in [0.2, 0.25) is 0 Å². The van der Waals surface area contributed by atoms with Gasteiger partial charge in [-0.3, -0.25) is 0 Å². The largest absolute Gasteiger partial charge is 0.326 e. The second kappa shape index (κ2) is 3.88. The SMILES string of the molecule is CSCCN1NC=CC1C. The van der Waals surface area contributed by atoms with Crippen molar-refractivity contribution in [3.8, 4) is 0 Å². The molecule has 0 spiro atoms. The Morgan fingerprint density at radius 3 is 3.00 bits per heavy atom. The van der Waals surface area contributed by atoms with Crippen LogP contribution >= 0.6 is 11.8 Å². The molecule has 0 aliphatic carbocycles. The highest BCUT2D eigenvalue weighted by molar-refractivity contribution is 7.98. The minimum atomic E-state index is 0.562. The standard InChI is InChI=1S/C7H14N2S/c1-7-3-4-8-9(7)5-6-10-2/h3-4,7-8H,5-6H2,1-2H3. The van der Waals surface area contributed by atoms with Gasteiger partial charge in [0.05, 0.1) is 0 Å². The molecule has 0 saturated carbocycles. The molecule has 2 nitrogen and oxygen atoms in total. The number of thioether (sulfide) groups is 1. The summed E-state index contributed by atoms with van der Waals surface area (Å²) in [4.78, 5) is 0. The molecule has 1 unspecified atom stereocenters. The number of hydrazine groups is 1. The predicted octanol–water partition coefficient (Wildman–Crippen LogP) is 1.07. The number of nitrogens with zero attached hydrogens (tertiary/aromatic N) is 1. The van der Waals surface area contributed by atoms with Gasteiger partial charge in [-0.25, -0.2) is 5.01 Å². The zero-order chi connectivity index (χ0) is 7.40. The molecule has 1 aliphatic heterocycles. The Labute approximate surface area is 66.6 Å². The summed E-state index contributed by atoms with van der Waals surface area (Å²) in [6.07, 6.45) is 6.31. The van der Waals surface area contributed by atoms with Gasteiger partial charge < -0.3 is 5.43 Å². The summed E-state index contributed by atoms with van der Waals surface area (Å²) in [5, 5.41) is 2.23. The molecule has 0 bridgehead atoms. The van der Waals surface area contributed by atoms with Crippen molar-refractivity contribution in [3.05, 3.63) is 12.3 Å². The summed E-state index contributed by atoms with van der Waals surface area (Å²) in [5.74, 6) is 1.19. The molecule has 58 valence electrons. The summed E-state index contributed by atoms with van der Waals surface area (Å²) in [6, 6.07) is 0.562. The van der Waals surface area contributed by atoms with Crippen LogP contribution in [0.4, 0.5) is 0 Å². The summed E-state index contributed by atoms with van der Waals surface area (Å²) in [7, 11) is 0. The first-order valence-corrected chi connectivity index (χ1v) is 4.92. The third-order valence-electron chi connectivity index (χ3n) is 1.64. The molecule has 0 amide bonds. The van der Waals surface area contributed by atoms with E-state index in [9.17, 15) is 0 Å². The fraction of sp³-hybridized carbons (Fsp3) is 0.714. The van der Waals surface area contributed by atoms with Gasteiger partial charge in [-0.2, -0.15) is 11.8 Å². The molecular formula is C7H14N2S. The van der Waals surface area contributed by atoms with Crippen LogP contribution in [0.25, 0.3) is 0 Å². The molecule has 0 aromatic heterocycles. The molecule has 0 saturated heterocycles. The Hall–Kier alpha value is -0.150. The first kappa shape index (κ1) is 7.95. The topological polar surface area (TPSA) is 15.3 Å². The first-order valence-electron chi connectivity index (χ1n) is 3.53. The van der Waals surface area contributed by atoms with E-state index >= 15 is 0 Å². The molecule has 1 atom stereocenters. The van der Waals surface area contributed by atoms with E-state index in [1.807, 2.05) is 18.0 Å². The van der Waals surface area contributed by atoms with Crippen molar-refractivity contribution < 1.29 is 0 Å². The monoisotopic (exact) mass is 158 g/mol. The van der Waals surface area contributed by atoms with Crippen LogP contribution in [0.1, 0.15) is 6.92 Å². The van der Waals surface area contributed by atoms with Crippen LogP contribution in [0.5, 0.6) is 0 Å². The Morgan fingerprint density at radius 2 is 2.50 bits per heavy atom. The highest BCUT2D eigenvalue weighted by Crippen LogP contribution is 2.04. The lowest BCUT2D eigenvalue weighted by Gasteiger charge is -2.20. The molecule has 3 heteroatoms. The molecule has 1 heterocycles. The highest BCUT2D eigenvalue weighted by Gasteiger charge is 2.12. The van der Waals surface area contributed by atoms with Crippen molar-refractivity contribution in [1.82, 2.24) is 10.4 Å². The third kappa shape index (κ3) is 1.92. The lowest BCUT2D eigenvalue weighted by Crippen LogP contribution is -2.37. The van der Waals surface area contributed by atoms with Gasteiger partial charge in [0, 0.05) is 24.5 Å². The maximum atomic E-state index is 3.18. The number of rotatable bonds is 3. The highest BCUT2D eigenvalue weighted by atomic mass is 32.2. The lowest BCUT2D eigenvalue weighted by atomic mass is 10.3. The van der Waals surface area contributed by atoms with Gasteiger partial charge >= 0.3 is 0 Å². The molecular weight excluding hydrogens is 144 g/mol. The maximum absolute atomic E-state index is 3.18. The molecule has 0 aromatic rings. The van der Waals surface area contributed by atoms with Crippen molar-refractivity contribution in [3.63, 3.8) is 0 Å². The quantitative estimate of drug-likeness (QED) is 0.661. The molecule has 1 N–H and O–H groups in total. The van der Waals surface area contributed by atoms with Crippen molar-refractivity contribution in [2.45, 2.75) is 13.0 Å². The summed E-state index contributed by atoms with van der Waals surface area (Å²) in [6.45, 7) is 3.31. The summed E-state index contributed by atoms with van der Waals surface area (Å²) < 4.78 is 0. The molecule has 1 rings (SSSR count). The predicted molar refractivity (Wildman–Crippen MR) is 46.8 cm³/mol.